The lowest BCUT2D eigenvalue weighted by atomic mass is 10.0. The molecule has 33 heavy (non-hydrogen) atoms. The lowest BCUT2D eigenvalue weighted by molar-refractivity contribution is -0.145. The van der Waals surface area contributed by atoms with Gasteiger partial charge in [-0.25, -0.2) is 0 Å². The second kappa shape index (κ2) is 12.5. The van der Waals surface area contributed by atoms with Crippen LogP contribution in [-0.4, -0.2) is 90.4 Å². The van der Waals surface area contributed by atoms with E-state index in [0.717, 1.165) is 5.56 Å². The molecule has 3 amide bonds. The Morgan fingerprint density at radius 1 is 1.12 bits per heavy atom. The van der Waals surface area contributed by atoms with E-state index in [1.165, 1.54) is 18.9 Å². The molecule has 2 rings (SSSR count). The summed E-state index contributed by atoms with van der Waals surface area (Å²) in [6.07, 6.45) is -1.72. The fourth-order valence-corrected chi connectivity index (χ4v) is 3.76. The molecule has 1 aromatic carbocycles. The monoisotopic (exact) mass is 464 g/mol. The molecule has 0 saturated carbocycles. The van der Waals surface area contributed by atoms with Crippen molar-refractivity contribution in [3.63, 3.8) is 0 Å². The molecule has 0 aliphatic carbocycles. The van der Waals surface area contributed by atoms with Crippen molar-refractivity contribution in [2.24, 2.45) is 5.92 Å². The van der Waals surface area contributed by atoms with Gasteiger partial charge in [0.1, 0.15) is 18.4 Å². The van der Waals surface area contributed by atoms with Gasteiger partial charge in [0.15, 0.2) is 0 Å². The van der Waals surface area contributed by atoms with Crippen LogP contribution in [0.1, 0.15) is 26.3 Å². The van der Waals surface area contributed by atoms with E-state index in [9.17, 15) is 24.6 Å². The zero-order valence-electron chi connectivity index (χ0n) is 19.7. The third kappa shape index (κ3) is 7.69. The van der Waals surface area contributed by atoms with Gasteiger partial charge in [0.05, 0.1) is 24.8 Å². The Morgan fingerprint density at radius 3 is 2.48 bits per heavy atom. The summed E-state index contributed by atoms with van der Waals surface area (Å²) in [5.41, 5.74) is 0.796. The predicted octanol–water partition coefficient (Wildman–Crippen LogP) is -0.963. The molecule has 0 saturated heterocycles. The van der Waals surface area contributed by atoms with Crippen molar-refractivity contribution in [1.82, 2.24) is 20.9 Å². The van der Waals surface area contributed by atoms with E-state index in [4.69, 9.17) is 4.74 Å². The number of hydrogen-bond acceptors (Lipinski definition) is 7. The van der Waals surface area contributed by atoms with Crippen molar-refractivity contribution < 1.29 is 29.3 Å². The van der Waals surface area contributed by atoms with Crippen molar-refractivity contribution in [3.8, 4) is 5.75 Å². The van der Waals surface area contributed by atoms with Crippen molar-refractivity contribution in [2.45, 2.75) is 51.5 Å². The van der Waals surface area contributed by atoms with Gasteiger partial charge >= 0.3 is 0 Å². The molecule has 0 radical (unpaired) electrons. The number of nitrogens with zero attached hydrogens (tertiary/aromatic N) is 1. The summed E-state index contributed by atoms with van der Waals surface area (Å²) in [6, 6.07) is 5.56. The molecule has 10 nitrogen and oxygen atoms in total. The Balaban J connectivity index is 2.26. The molecule has 5 N–H and O–H groups in total. The standard InChI is InChI=1S/C23H36N4O6/c1-14(2)20-23(32)27(4)21(15(3)28)22(31)26-13-19(30)25-12-17(29)11-16-7-5-6-8-18(16)33-10-9-24-20/h5-8,14-15,17,20-21,24,28-29H,9-13H2,1-4H3,(H,25,30)(H,26,31). The summed E-state index contributed by atoms with van der Waals surface area (Å²) in [5.74, 6) is -0.945. The maximum Gasteiger partial charge on any atom is 0.245 e. The smallest absolute Gasteiger partial charge is 0.245 e. The van der Waals surface area contributed by atoms with Gasteiger partial charge in [0.2, 0.25) is 17.7 Å². The third-order valence-corrected chi connectivity index (χ3v) is 5.53. The van der Waals surface area contributed by atoms with Crippen molar-refractivity contribution >= 4 is 17.7 Å². The first kappa shape index (κ1) is 26.6. The van der Waals surface area contributed by atoms with E-state index in [0.29, 0.717) is 12.3 Å². The average molecular weight is 465 g/mol. The molecule has 184 valence electrons. The van der Waals surface area contributed by atoms with Crippen LogP contribution in [0.25, 0.3) is 0 Å². The highest BCUT2D eigenvalue weighted by Crippen LogP contribution is 2.19. The van der Waals surface area contributed by atoms with Crippen LogP contribution in [-0.2, 0) is 20.8 Å². The summed E-state index contributed by atoms with van der Waals surface area (Å²) in [4.78, 5) is 39.2. The van der Waals surface area contributed by atoms with Crippen LogP contribution < -0.4 is 20.7 Å². The highest BCUT2D eigenvalue weighted by atomic mass is 16.5. The first-order chi connectivity index (χ1) is 15.6. The Bertz CT molecular complexity index is 816. The quantitative estimate of drug-likeness (QED) is 0.380. The summed E-state index contributed by atoms with van der Waals surface area (Å²) in [7, 11) is 1.46. The fraction of sp³-hybridized carbons (Fsp3) is 0.609. The van der Waals surface area contributed by atoms with E-state index in [1.807, 2.05) is 32.0 Å². The Labute approximate surface area is 194 Å². The van der Waals surface area contributed by atoms with E-state index in [1.54, 1.807) is 6.07 Å². The number of amides is 3. The molecule has 4 atom stereocenters. The van der Waals surface area contributed by atoms with Gasteiger partial charge in [-0.2, -0.15) is 0 Å². The summed E-state index contributed by atoms with van der Waals surface area (Å²) in [6.45, 7) is 5.50. The molecule has 10 heteroatoms. The number of hydrogen-bond donors (Lipinski definition) is 5. The topological polar surface area (TPSA) is 140 Å². The van der Waals surface area contributed by atoms with E-state index in [2.05, 4.69) is 16.0 Å². The van der Waals surface area contributed by atoms with Crippen molar-refractivity contribution in [2.75, 3.05) is 33.3 Å². The van der Waals surface area contributed by atoms with Crippen LogP contribution in [0.5, 0.6) is 5.75 Å². The Hall–Kier alpha value is -2.69. The van der Waals surface area contributed by atoms with Crippen molar-refractivity contribution in [3.05, 3.63) is 29.8 Å². The molecule has 1 aromatic rings. The number of aliphatic hydroxyl groups excluding tert-OH is 2. The molecule has 0 fully saturated rings. The lowest BCUT2D eigenvalue weighted by Gasteiger charge is -2.33. The molecular formula is C23H36N4O6. The van der Waals surface area contributed by atoms with Crippen LogP contribution in [0.15, 0.2) is 24.3 Å². The number of β-amino-alcohol motifs (C(OH)–C–C–N with tert-alkyl or cyclic N) is 1. The molecule has 1 aliphatic heterocycles. The zero-order valence-corrected chi connectivity index (χ0v) is 19.7. The molecule has 0 bridgehead atoms. The second-order valence-electron chi connectivity index (χ2n) is 8.65. The van der Waals surface area contributed by atoms with Crippen LogP contribution in [0.4, 0.5) is 0 Å². The molecule has 0 aromatic heterocycles. The highest BCUT2D eigenvalue weighted by molar-refractivity contribution is 5.92. The van der Waals surface area contributed by atoms with E-state index >= 15 is 0 Å². The van der Waals surface area contributed by atoms with Gasteiger partial charge in [-0.05, 0) is 24.5 Å². The first-order valence-corrected chi connectivity index (χ1v) is 11.2. The highest BCUT2D eigenvalue weighted by Gasteiger charge is 2.35. The van der Waals surface area contributed by atoms with E-state index < -0.39 is 36.1 Å². The molecule has 4 unspecified atom stereocenters. The largest absolute Gasteiger partial charge is 0.492 e. The van der Waals surface area contributed by atoms with Gasteiger partial charge in [-0.15, -0.1) is 0 Å². The fourth-order valence-electron chi connectivity index (χ4n) is 3.76. The molecule has 0 spiro atoms. The van der Waals surface area contributed by atoms with Gasteiger partial charge in [-0.3, -0.25) is 14.4 Å². The number of nitrogens with one attached hydrogen (secondary N) is 3. The minimum atomic E-state index is -1.17. The minimum absolute atomic E-state index is 0.00111. The Morgan fingerprint density at radius 2 is 1.82 bits per heavy atom. The maximum absolute atomic E-state index is 13.2. The molecule has 1 aliphatic rings. The number of carbonyl (C=O) groups is 3. The SMILES string of the molecule is CC(C)C1NCCOc2ccccc2CC(O)CNC(=O)CNC(=O)C(C(C)O)N(C)C1=O. The van der Waals surface area contributed by atoms with Gasteiger partial charge in [-0.1, -0.05) is 32.0 Å². The normalized spacial score (nSPS) is 25.2. The van der Waals surface area contributed by atoms with Gasteiger partial charge in [0.25, 0.3) is 0 Å². The summed E-state index contributed by atoms with van der Waals surface area (Å²) in [5, 5.41) is 28.8. The number of ether oxygens (including phenoxy) is 1. The molecular weight excluding hydrogens is 428 g/mol. The van der Waals surface area contributed by atoms with Crippen LogP contribution in [0, 0.1) is 5.92 Å². The molecule has 1 heterocycles. The van der Waals surface area contributed by atoms with Gasteiger partial charge in [0, 0.05) is 26.6 Å². The van der Waals surface area contributed by atoms with Crippen molar-refractivity contribution in [1.29, 1.82) is 0 Å². The average Bonchev–Trinajstić information content (AvgIpc) is 2.75. The summed E-state index contributed by atoms with van der Waals surface area (Å²) < 4.78 is 5.88. The van der Waals surface area contributed by atoms with Crippen LogP contribution in [0.2, 0.25) is 0 Å². The summed E-state index contributed by atoms with van der Waals surface area (Å²) >= 11 is 0. The number of aliphatic hydroxyl groups is 2. The Kier molecular flexibility index (Phi) is 10.1. The number of likely N-dealkylation sites (N-methyl/N-ethyl adjacent to an activating group) is 1. The first-order valence-electron chi connectivity index (χ1n) is 11.2. The number of benzene rings is 1. The van der Waals surface area contributed by atoms with E-state index in [-0.39, 0.29) is 37.9 Å². The second-order valence-corrected chi connectivity index (χ2v) is 8.65. The predicted molar refractivity (Wildman–Crippen MR) is 123 cm³/mol. The number of para-hydroxylation sites is 1. The van der Waals surface area contributed by atoms with Crippen LogP contribution >= 0.6 is 0 Å². The lowest BCUT2D eigenvalue weighted by Crippen LogP contribution is -2.59. The number of rotatable bonds is 2. The maximum atomic E-state index is 13.2. The van der Waals surface area contributed by atoms with Crippen LogP contribution in [0.3, 0.4) is 0 Å². The number of fused-ring (bicyclic) bond motifs is 1. The minimum Gasteiger partial charge on any atom is -0.492 e. The third-order valence-electron chi connectivity index (χ3n) is 5.53. The van der Waals surface area contributed by atoms with Gasteiger partial charge < -0.3 is 35.8 Å². The number of carbonyl (C=O) groups excluding carboxylic acids is 3. The zero-order chi connectivity index (χ0) is 24.5.